The number of hydrogen-bond acceptors (Lipinski definition) is 3. The predicted octanol–water partition coefficient (Wildman–Crippen LogP) is 4.37. The van der Waals surface area contributed by atoms with Crippen LogP contribution in [-0.4, -0.2) is 7.11 Å². The van der Waals surface area contributed by atoms with Gasteiger partial charge in [0.1, 0.15) is 11.8 Å². The lowest BCUT2D eigenvalue weighted by Gasteiger charge is -2.06. The molecule has 0 aliphatic rings. The summed E-state index contributed by atoms with van der Waals surface area (Å²) in [5.74, 6) is 0.735. The molecule has 90 valence electrons. The molecule has 0 aliphatic carbocycles. The molecule has 0 radical (unpaired) electrons. The van der Waals surface area contributed by atoms with Gasteiger partial charge in [0.05, 0.1) is 12.7 Å². The Kier molecular flexibility index (Phi) is 4.14. The molecular weight excluding hydrogens is 266 g/mol. The van der Waals surface area contributed by atoms with Crippen LogP contribution in [0.4, 0.5) is 0 Å². The van der Waals surface area contributed by atoms with Crippen LogP contribution in [0.1, 0.15) is 5.56 Å². The Morgan fingerprint density at radius 2 is 2.06 bits per heavy atom. The molecule has 0 heterocycles. The normalized spacial score (nSPS) is 9.83. The van der Waals surface area contributed by atoms with Crippen LogP contribution in [0.25, 0.3) is 0 Å². The molecule has 0 bridgehead atoms. The summed E-state index contributed by atoms with van der Waals surface area (Å²) < 4.78 is 5.17. The molecule has 0 N–H and O–H groups in total. The summed E-state index contributed by atoms with van der Waals surface area (Å²) >= 11 is 7.44. The first-order chi connectivity index (χ1) is 8.72. The zero-order valence-corrected chi connectivity index (χ0v) is 11.3. The van der Waals surface area contributed by atoms with Gasteiger partial charge in [-0.2, -0.15) is 5.26 Å². The summed E-state index contributed by atoms with van der Waals surface area (Å²) in [6.07, 6.45) is 0. The van der Waals surface area contributed by atoms with E-state index in [2.05, 4.69) is 6.07 Å². The van der Waals surface area contributed by atoms with E-state index in [1.165, 1.54) is 11.8 Å². The molecule has 4 heteroatoms. The molecule has 2 nitrogen and oxygen atoms in total. The van der Waals surface area contributed by atoms with Gasteiger partial charge in [-0.05, 0) is 36.4 Å². The van der Waals surface area contributed by atoms with Crippen molar-refractivity contribution in [3.05, 3.63) is 53.1 Å². The Bertz CT molecular complexity index is 607. The summed E-state index contributed by atoms with van der Waals surface area (Å²) in [5, 5.41) is 9.77. The fraction of sp³-hybridized carbons (Fsp3) is 0.0714. The molecule has 0 fully saturated rings. The highest BCUT2D eigenvalue weighted by atomic mass is 35.5. The predicted molar refractivity (Wildman–Crippen MR) is 73.3 cm³/mol. The molecule has 2 aromatic carbocycles. The van der Waals surface area contributed by atoms with Crippen LogP contribution in [0.15, 0.2) is 52.3 Å². The third-order valence-electron chi connectivity index (χ3n) is 2.33. The van der Waals surface area contributed by atoms with Gasteiger partial charge in [-0.1, -0.05) is 29.4 Å². The minimum absolute atomic E-state index is 0.626. The molecule has 0 spiro atoms. The Balaban J connectivity index is 2.36. The number of hydrogen-bond donors (Lipinski definition) is 0. The third-order valence-corrected chi connectivity index (χ3v) is 3.62. The number of rotatable bonds is 3. The average molecular weight is 276 g/mol. The molecule has 0 aliphatic heterocycles. The van der Waals surface area contributed by atoms with Gasteiger partial charge >= 0.3 is 0 Å². The second-order valence-corrected chi connectivity index (χ2v) is 5.09. The van der Waals surface area contributed by atoms with E-state index in [9.17, 15) is 0 Å². The molecule has 18 heavy (non-hydrogen) atoms. The SMILES string of the molecule is COc1ccc(C#N)c(Sc2cccc(Cl)c2)c1. The molecule has 0 saturated carbocycles. The quantitative estimate of drug-likeness (QED) is 0.834. The van der Waals surface area contributed by atoms with E-state index >= 15 is 0 Å². The van der Waals surface area contributed by atoms with Crippen molar-refractivity contribution < 1.29 is 4.74 Å². The van der Waals surface area contributed by atoms with Gasteiger partial charge in [0.2, 0.25) is 0 Å². The zero-order valence-electron chi connectivity index (χ0n) is 9.68. The maximum atomic E-state index is 9.08. The van der Waals surface area contributed by atoms with Crippen LogP contribution in [-0.2, 0) is 0 Å². The Labute approximate surface area is 115 Å². The number of nitrogens with zero attached hydrogens (tertiary/aromatic N) is 1. The summed E-state index contributed by atoms with van der Waals surface area (Å²) in [7, 11) is 1.61. The van der Waals surface area contributed by atoms with E-state index in [1.54, 1.807) is 19.2 Å². The van der Waals surface area contributed by atoms with Gasteiger partial charge in [0.15, 0.2) is 0 Å². The van der Waals surface area contributed by atoms with E-state index in [0.29, 0.717) is 10.6 Å². The van der Waals surface area contributed by atoms with Crippen LogP contribution in [0.3, 0.4) is 0 Å². The summed E-state index contributed by atoms with van der Waals surface area (Å²) in [4.78, 5) is 1.85. The van der Waals surface area contributed by atoms with Crippen molar-refractivity contribution in [2.24, 2.45) is 0 Å². The molecule has 0 saturated heterocycles. The van der Waals surface area contributed by atoms with Gasteiger partial charge in [-0.25, -0.2) is 0 Å². The van der Waals surface area contributed by atoms with Crippen LogP contribution in [0, 0.1) is 11.3 Å². The lowest BCUT2D eigenvalue weighted by atomic mass is 10.2. The number of methoxy groups -OCH3 is 1. The second-order valence-electron chi connectivity index (χ2n) is 3.53. The average Bonchev–Trinajstić information content (AvgIpc) is 2.38. The van der Waals surface area contributed by atoms with Crippen LogP contribution < -0.4 is 4.74 Å². The van der Waals surface area contributed by atoms with Crippen molar-refractivity contribution in [2.45, 2.75) is 9.79 Å². The highest BCUT2D eigenvalue weighted by Crippen LogP contribution is 2.33. The maximum absolute atomic E-state index is 9.08. The molecule has 0 aromatic heterocycles. The van der Waals surface area contributed by atoms with Crippen LogP contribution in [0.5, 0.6) is 5.75 Å². The summed E-state index contributed by atoms with van der Waals surface area (Å²) in [6, 6.07) is 15.1. The second kappa shape index (κ2) is 5.81. The molecule has 2 rings (SSSR count). The largest absolute Gasteiger partial charge is 0.497 e. The number of halogens is 1. The monoisotopic (exact) mass is 275 g/mol. The van der Waals surface area contributed by atoms with Crippen molar-refractivity contribution in [1.82, 2.24) is 0 Å². The highest BCUT2D eigenvalue weighted by molar-refractivity contribution is 7.99. The first-order valence-corrected chi connectivity index (χ1v) is 6.44. The van der Waals surface area contributed by atoms with Gasteiger partial charge in [0.25, 0.3) is 0 Å². The van der Waals surface area contributed by atoms with Crippen molar-refractivity contribution in [2.75, 3.05) is 7.11 Å². The molecule has 0 atom stereocenters. The van der Waals surface area contributed by atoms with E-state index in [1.807, 2.05) is 30.3 Å². The van der Waals surface area contributed by atoms with Gasteiger partial charge in [-0.3, -0.25) is 0 Å². The van der Waals surface area contributed by atoms with Gasteiger partial charge in [-0.15, -0.1) is 0 Å². The molecule has 2 aromatic rings. The number of nitriles is 1. The Morgan fingerprint density at radius 1 is 1.22 bits per heavy atom. The number of ether oxygens (including phenoxy) is 1. The zero-order chi connectivity index (χ0) is 13.0. The maximum Gasteiger partial charge on any atom is 0.120 e. The first-order valence-electron chi connectivity index (χ1n) is 5.24. The van der Waals surface area contributed by atoms with Gasteiger partial charge < -0.3 is 4.74 Å². The van der Waals surface area contributed by atoms with Gasteiger partial charge in [0, 0.05) is 14.8 Å². The molecule has 0 unspecified atom stereocenters. The van der Waals surface area contributed by atoms with E-state index in [4.69, 9.17) is 21.6 Å². The lowest BCUT2D eigenvalue weighted by Crippen LogP contribution is -1.86. The Hall–Kier alpha value is -1.63. The summed E-state index contributed by atoms with van der Waals surface area (Å²) in [6.45, 7) is 0. The molecule has 0 amide bonds. The van der Waals surface area contributed by atoms with Crippen molar-refractivity contribution in [1.29, 1.82) is 5.26 Å². The van der Waals surface area contributed by atoms with Crippen molar-refractivity contribution >= 4 is 23.4 Å². The molecular formula is C14H10ClNOS. The van der Waals surface area contributed by atoms with E-state index < -0.39 is 0 Å². The Morgan fingerprint density at radius 3 is 2.72 bits per heavy atom. The summed E-state index contributed by atoms with van der Waals surface area (Å²) in [5.41, 5.74) is 0.626. The third kappa shape index (κ3) is 2.98. The van der Waals surface area contributed by atoms with Crippen molar-refractivity contribution in [3.8, 4) is 11.8 Å². The highest BCUT2D eigenvalue weighted by Gasteiger charge is 2.06. The minimum Gasteiger partial charge on any atom is -0.497 e. The van der Waals surface area contributed by atoms with Crippen LogP contribution in [0.2, 0.25) is 5.02 Å². The van der Waals surface area contributed by atoms with E-state index in [-0.39, 0.29) is 0 Å². The lowest BCUT2D eigenvalue weighted by molar-refractivity contribution is 0.413. The standard InChI is InChI=1S/C14H10ClNOS/c1-17-12-6-5-10(9-16)14(8-12)18-13-4-2-3-11(15)7-13/h2-8H,1H3. The van der Waals surface area contributed by atoms with Crippen molar-refractivity contribution in [3.63, 3.8) is 0 Å². The fourth-order valence-electron chi connectivity index (χ4n) is 1.46. The topological polar surface area (TPSA) is 33.0 Å². The fourth-order valence-corrected chi connectivity index (χ4v) is 2.70. The first kappa shape index (κ1) is 12.8. The smallest absolute Gasteiger partial charge is 0.120 e. The van der Waals surface area contributed by atoms with E-state index in [0.717, 1.165) is 15.5 Å². The van der Waals surface area contributed by atoms with Crippen LogP contribution >= 0.6 is 23.4 Å². The number of benzene rings is 2. The minimum atomic E-state index is 0.626.